The van der Waals surface area contributed by atoms with Crippen LogP contribution in [0.5, 0.6) is 5.19 Å². The predicted molar refractivity (Wildman–Crippen MR) is 81.0 cm³/mol. The van der Waals surface area contributed by atoms with Crippen LogP contribution in [0.4, 0.5) is 0 Å². The number of aromatic carboxylic acids is 1. The van der Waals surface area contributed by atoms with E-state index in [1.807, 2.05) is 5.38 Å². The molecular formula is C15H16N2O3S. The zero-order valence-electron chi connectivity index (χ0n) is 11.4. The van der Waals surface area contributed by atoms with Gasteiger partial charge in [-0.05, 0) is 38.1 Å². The molecule has 2 aromatic rings. The van der Waals surface area contributed by atoms with Crippen molar-refractivity contribution >= 4 is 17.3 Å². The second-order valence-electron chi connectivity index (χ2n) is 4.95. The van der Waals surface area contributed by atoms with Gasteiger partial charge in [0.25, 0.3) is 5.19 Å². The fraction of sp³-hybridized carbons (Fsp3) is 0.333. The second-order valence-corrected chi connectivity index (χ2v) is 5.77. The van der Waals surface area contributed by atoms with Crippen molar-refractivity contribution in [2.75, 3.05) is 13.1 Å². The zero-order valence-corrected chi connectivity index (χ0v) is 12.2. The number of piperidine rings is 1. The molecule has 1 aromatic heterocycles. The first-order chi connectivity index (χ1) is 10.2. The van der Waals surface area contributed by atoms with E-state index in [0.29, 0.717) is 5.19 Å². The first-order valence-electron chi connectivity index (χ1n) is 6.89. The van der Waals surface area contributed by atoms with Gasteiger partial charge in [-0.15, -0.1) is 0 Å². The number of hydrogen-bond donors (Lipinski definition) is 2. The van der Waals surface area contributed by atoms with Gasteiger partial charge in [0.15, 0.2) is 0 Å². The quantitative estimate of drug-likeness (QED) is 0.908. The van der Waals surface area contributed by atoms with E-state index in [9.17, 15) is 4.79 Å². The molecule has 2 N–H and O–H groups in total. The van der Waals surface area contributed by atoms with Gasteiger partial charge in [-0.25, -0.2) is 9.78 Å². The number of hydrogen-bond acceptors (Lipinski definition) is 5. The molecule has 1 aromatic carbocycles. The molecule has 3 rings (SSSR count). The summed E-state index contributed by atoms with van der Waals surface area (Å²) in [6.45, 7) is 1.97. The highest BCUT2D eigenvalue weighted by Crippen LogP contribution is 2.28. The monoisotopic (exact) mass is 304 g/mol. The van der Waals surface area contributed by atoms with Crippen LogP contribution >= 0.6 is 11.3 Å². The average Bonchev–Trinajstić information content (AvgIpc) is 2.97. The first kappa shape index (κ1) is 14.0. The lowest BCUT2D eigenvalue weighted by atomic mass is 10.1. The van der Waals surface area contributed by atoms with Crippen molar-refractivity contribution in [3.05, 3.63) is 35.2 Å². The molecule has 0 radical (unpaired) electrons. The number of nitrogens with one attached hydrogen (secondary N) is 1. The van der Waals surface area contributed by atoms with Gasteiger partial charge in [-0.3, -0.25) is 0 Å². The minimum Gasteiger partial charge on any atom is -0.478 e. The summed E-state index contributed by atoms with van der Waals surface area (Å²) in [5.74, 6) is -0.922. The summed E-state index contributed by atoms with van der Waals surface area (Å²) < 4.78 is 5.89. The standard InChI is InChI=1S/C15H16N2O3S/c18-14(19)11-3-1-10(2-4-11)13-9-21-15(17-13)20-12-5-7-16-8-6-12/h1-4,9,12,16H,5-8H2,(H,18,19). The van der Waals surface area contributed by atoms with Crippen molar-refractivity contribution in [3.63, 3.8) is 0 Å². The Bertz CT molecular complexity index is 618. The molecular weight excluding hydrogens is 288 g/mol. The smallest absolute Gasteiger partial charge is 0.335 e. The average molecular weight is 304 g/mol. The number of thiazole rings is 1. The number of rotatable bonds is 4. The second kappa shape index (κ2) is 6.24. The van der Waals surface area contributed by atoms with Gasteiger partial charge in [0.05, 0.1) is 11.3 Å². The molecule has 1 aliphatic rings. The minimum atomic E-state index is -0.922. The molecule has 0 unspecified atom stereocenters. The Morgan fingerprint density at radius 3 is 2.67 bits per heavy atom. The Hall–Kier alpha value is -1.92. The molecule has 0 aliphatic carbocycles. The number of carboxylic acid groups (broad SMARTS) is 1. The summed E-state index contributed by atoms with van der Waals surface area (Å²) in [6, 6.07) is 6.72. The van der Waals surface area contributed by atoms with Gasteiger partial charge in [-0.1, -0.05) is 23.5 Å². The van der Waals surface area contributed by atoms with Crippen molar-refractivity contribution in [1.82, 2.24) is 10.3 Å². The lowest BCUT2D eigenvalue weighted by Gasteiger charge is -2.22. The van der Waals surface area contributed by atoms with Crippen molar-refractivity contribution < 1.29 is 14.6 Å². The number of benzene rings is 1. The summed E-state index contributed by atoms with van der Waals surface area (Å²) in [5, 5.41) is 14.8. The van der Waals surface area contributed by atoms with E-state index in [2.05, 4.69) is 10.3 Å². The summed E-state index contributed by atoms with van der Waals surface area (Å²) in [6.07, 6.45) is 2.24. The van der Waals surface area contributed by atoms with Gasteiger partial charge < -0.3 is 15.2 Å². The van der Waals surface area contributed by atoms with Crippen LogP contribution in [0.15, 0.2) is 29.6 Å². The third-order valence-corrected chi connectivity index (χ3v) is 4.19. The Morgan fingerprint density at radius 2 is 2.00 bits per heavy atom. The molecule has 0 atom stereocenters. The molecule has 0 bridgehead atoms. The van der Waals surface area contributed by atoms with Crippen molar-refractivity contribution in [2.24, 2.45) is 0 Å². The van der Waals surface area contributed by atoms with Crippen molar-refractivity contribution in [2.45, 2.75) is 18.9 Å². The summed E-state index contributed by atoms with van der Waals surface area (Å²) in [4.78, 5) is 15.3. The Labute approximate surface area is 126 Å². The van der Waals surface area contributed by atoms with E-state index in [1.165, 1.54) is 11.3 Å². The summed E-state index contributed by atoms with van der Waals surface area (Å²) in [7, 11) is 0. The number of carboxylic acids is 1. The fourth-order valence-electron chi connectivity index (χ4n) is 2.28. The van der Waals surface area contributed by atoms with E-state index < -0.39 is 5.97 Å². The van der Waals surface area contributed by atoms with Crippen LogP contribution in [0, 0.1) is 0 Å². The van der Waals surface area contributed by atoms with E-state index in [1.54, 1.807) is 24.3 Å². The Morgan fingerprint density at radius 1 is 1.29 bits per heavy atom. The third-order valence-electron chi connectivity index (χ3n) is 3.46. The Kier molecular flexibility index (Phi) is 4.17. The molecule has 1 saturated heterocycles. The van der Waals surface area contributed by atoms with Gasteiger partial charge >= 0.3 is 5.97 Å². The summed E-state index contributed by atoms with van der Waals surface area (Å²) >= 11 is 1.48. The SMILES string of the molecule is O=C(O)c1ccc(-c2csc(OC3CCNCC3)n2)cc1. The van der Waals surface area contributed by atoms with Gasteiger partial charge in [0, 0.05) is 10.9 Å². The number of nitrogens with zero attached hydrogens (tertiary/aromatic N) is 1. The third kappa shape index (κ3) is 3.40. The van der Waals surface area contributed by atoms with Crippen LogP contribution in [0.2, 0.25) is 0 Å². The zero-order chi connectivity index (χ0) is 14.7. The van der Waals surface area contributed by atoms with E-state index in [0.717, 1.165) is 37.2 Å². The van der Waals surface area contributed by atoms with Crippen LogP contribution in [0.3, 0.4) is 0 Å². The maximum Gasteiger partial charge on any atom is 0.335 e. The van der Waals surface area contributed by atoms with Crippen molar-refractivity contribution in [1.29, 1.82) is 0 Å². The molecule has 1 aliphatic heterocycles. The van der Waals surface area contributed by atoms with Crippen LogP contribution in [0.1, 0.15) is 23.2 Å². The summed E-state index contributed by atoms with van der Waals surface area (Å²) in [5.41, 5.74) is 2.00. The molecule has 0 saturated carbocycles. The molecule has 1 fully saturated rings. The van der Waals surface area contributed by atoms with Gasteiger partial charge in [-0.2, -0.15) is 0 Å². The lowest BCUT2D eigenvalue weighted by Crippen LogP contribution is -2.34. The van der Waals surface area contributed by atoms with E-state index >= 15 is 0 Å². The highest BCUT2D eigenvalue weighted by molar-refractivity contribution is 7.11. The molecule has 0 spiro atoms. The lowest BCUT2D eigenvalue weighted by molar-refractivity contribution is 0.0697. The highest BCUT2D eigenvalue weighted by atomic mass is 32.1. The van der Waals surface area contributed by atoms with Crippen LogP contribution in [-0.4, -0.2) is 35.3 Å². The number of carbonyl (C=O) groups is 1. The Balaban J connectivity index is 1.70. The maximum absolute atomic E-state index is 10.8. The number of aromatic nitrogens is 1. The molecule has 110 valence electrons. The molecule has 21 heavy (non-hydrogen) atoms. The van der Waals surface area contributed by atoms with E-state index in [-0.39, 0.29) is 11.7 Å². The molecule has 5 nitrogen and oxygen atoms in total. The first-order valence-corrected chi connectivity index (χ1v) is 7.77. The molecule has 6 heteroatoms. The molecule has 0 amide bonds. The van der Waals surface area contributed by atoms with Crippen molar-refractivity contribution in [3.8, 4) is 16.5 Å². The van der Waals surface area contributed by atoms with Gasteiger partial charge in [0.1, 0.15) is 6.10 Å². The minimum absolute atomic E-state index is 0.236. The normalized spacial score (nSPS) is 15.8. The topological polar surface area (TPSA) is 71.5 Å². The molecule has 2 heterocycles. The maximum atomic E-state index is 10.8. The van der Waals surface area contributed by atoms with E-state index in [4.69, 9.17) is 9.84 Å². The van der Waals surface area contributed by atoms with Crippen LogP contribution in [-0.2, 0) is 0 Å². The largest absolute Gasteiger partial charge is 0.478 e. The fourth-order valence-corrected chi connectivity index (χ4v) is 3.03. The predicted octanol–water partition coefficient (Wildman–Crippen LogP) is 2.64. The van der Waals surface area contributed by atoms with Crippen LogP contribution in [0.25, 0.3) is 11.3 Å². The number of ether oxygens (including phenoxy) is 1. The van der Waals surface area contributed by atoms with Gasteiger partial charge in [0.2, 0.25) is 0 Å². The highest BCUT2D eigenvalue weighted by Gasteiger charge is 2.16. The van der Waals surface area contributed by atoms with Crippen LogP contribution < -0.4 is 10.1 Å².